The number of aryl methyl sites for hydroxylation is 2. The summed E-state index contributed by atoms with van der Waals surface area (Å²) in [4.78, 5) is 22.9. The smallest absolute Gasteiger partial charge is 0.357 e. The van der Waals surface area contributed by atoms with E-state index in [-0.39, 0.29) is 0 Å². The predicted octanol–water partition coefficient (Wildman–Crippen LogP) is 1.61. The van der Waals surface area contributed by atoms with Gasteiger partial charge in [-0.1, -0.05) is 0 Å². The van der Waals surface area contributed by atoms with E-state index in [1.165, 1.54) is 18.4 Å². The summed E-state index contributed by atoms with van der Waals surface area (Å²) in [6.45, 7) is 2.50. The Morgan fingerprint density at radius 3 is 2.89 bits per heavy atom. The number of esters is 1. The SMILES string of the molecule is COC(=O)c1nc(N(C)Cc2nccn2C)sc1C. The summed E-state index contributed by atoms with van der Waals surface area (Å²) in [6.07, 6.45) is 3.66. The maximum absolute atomic E-state index is 11.5. The molecule has 7 heteroatoms. The summed E-state index contributed by atoms with van der Waals surface area (Å²) in [5.41, 5.74) is 0.384. The van der Waals surface area contributed by atoms with Crippen molar-refractivity contribution in [2.75, 3.05) is 19.1 Å². The van der Waals surface area contributed by atoms with Gasteiger partial charge in [-0.15, -0.1) is 11.3 Å². The molecule has 6 nitrogen and oxygen atoms in total. The maximum atomic E-state index is 11.5. The standard InChI is InChI=1S/C12H16N4O2S/c1-8-10(11(17)18-4)14-12(19-8)16(3)7-9-13-5-6-15(9)2/h5-6H,7H2,1-4H3. The Hall–Kier alpha value is -1.89. The van der Waals surface area contributed by atoms with Crippen LogP contribution in [0.5, 0.6) is 0 Å². The van der Waals surface area contributed by atoms with Crippen LogP contribution in [0.4, 0.5) is 5.13 Å². The summed E-state index contributed by atoms with van der Waals surface area (Å²) in [5, 5.41) is 0.779. The van der Waals surface area contributed by atoms with E-state index in [2.05, 4.69) is 9.97 Å². The fraction of sp³-hybridized carbons (Fsp3) is 0.417. The summed E-state index contributed by atoms with van der Waals surface area (Å²) >= 11 is 1.47. The van der Waals surface area contributed by atoms with Gasteiger partial charge in [-0.2, -0.15) is 0 Å². The zero-order chi connectivity index (χ0) is 14.0. The Morgan fingerprint density at radius 2 is 2.32 bits per heavy atom. The number of aromatic nitrogens is 3. The average Bonchev–Trinajstić information content (AvgIpc) is 2.95. The van der Waals surface area contributed by atoms with Crippen LogP contribution in [0.3, 0.4) is 0 Å². The minimum absolute atomic E-state index is 0.384. The molecule has 0 unspecified atom stereocenters. The number of rotatable bonds is 4. The molecule has 0 bridgehead atoms. The van der Waals surface area contributed by atoms with Gasteiger partial charge in [-0.3, -0.25) is 0 Å². The van der Waals surface area contributed by atoms with Crippen molar-refractivity contribution in [1.29, 1.82) is 0 Å². The number of hydrogen-bond acceptors (Lipinski definition) is 6. The van der Waals surface area contributed by atoms with Crippen molar-refractivity contribution in [2.45, 2.75) is 13.5 Å². The Balaban J connectivity index is 2.18. The molecule has 0 fully saturated rings. The van der Waals surface area contributed by atoms with Crippen molar-refractivity contribution < 1.29 is 9.53 Å². The molecule has 0 aliphatic heterocycles. The average molecular weight is 280 g/mol. The van der Waals surface area contributed by atoms with Gasteiger partial charge in [0.25, 0.3) is 0 Å². The summed E-state index contributed by atoms with van der Waals surface area (Å²) in [5.74, 6) is 0.542. The lowest BCUT2D eigenvalue weighted by atomic mass is 10.4. The normalized spacial score (nSPS) is 10.5. The monoisotopic (exact) mass is 280 g/mol. The molecule has 0 amide bonds. The zero-order valence-electron chi connectivity index (χ0n) is 11.4. The number of nitrogens with zero attached hydrogens (tertiary/aromatic N) is 4. The number of anilines is 1. The van der Waals surface area contributed by atoms with E-state index < -0.39 is 5.97 Å². The lowest BCUT2D eigenvalue weighted by Gasteiger charge is -2.14. The first-order valence-corrected chi connectivity index (χ1v) is 6.57. The van der Waals surface area contributed by atoms with Crippen LogP contribution >= 0.6 is 11.3 Å². The summed E-state index contributed by atoms with van der Waals surface area (Å²) in [7, 11) is 5.23. The minimum atomic E-state index is -0.398. The van der Waals surface area contributed by atoms with Crippen LogP contribution in [0.15, 0.2) is 12.4 Å². The Morgan fingerprint density at radius 1 is 1.58 bits per heavy atom. The predicted molar refractivity (Wildman–Crippen MR) is 73.5 cm³/mol. The molecule has 0 atom stereocenters. The molecule has 2 rings (SSSR count). The van der Waals surface area contributed by atoms with Crippen LogP contribution < -0.4 is 4.90 Å². The van der Waals surface area contributed by atoms with Gasteiger partial charge in [0.1, 0.15) is 5.82 Å². The third kappa shape index (κ3) is 2.76. The number of imidazole rings is 1. The van der Waals surface area contributed by atoms with Crippen LogP contribution in [0.1, 0.15) is 21.2 Å². The minimum Gasteiger partial charge on any atom is -0.464 e. The lowest BCUT2D eigenvalue weighted by molar-refractivity contribution is 0.0594. The topological polar surface area (TPSA) is 60.2 Å². The number of hydrogen-bond donors (Lipinski definition) is 0. The summed E-state index contributed by atoms with van der Waals surface area (Å²) in [6, 6.07) is 0. The largest absolute Gasteiger partial charge is 0.464 e. The van der Waals surface area contributed by atoms with Crippen molar-refractivity contribution in [3.8, 4) is 0 Å². The molecule has 0 spiro atoms. The van der Waals surface area contributed by atoms with Gasteiger partial charge >= 0.3 is 5.97 Å². The highest BCUT2D eigenvalue weighted by atomic mass is 32.1. The molecular formula is C12H16N4O2S. The highest BCUT2D eigenvalue weighted by Gasteiger charge is 2.18. The van der Waals surface area contributed by atoms with E-state index in [9.17, 15) is 4.79 Å². The lowest BCUT2D eigenvalue weighted by Crippen LogP contribution is -2.19. The number of thiazole rings is 1. The fourth-order valence-corrected chi connectivity index (χ4v) is 2.52. The molecule has 0 aliphatic carbocycles. The molecule has 0 saturated heterocycles. The molecule has 0 radical (unpaired) electrons. The zero-order valence-corrected chi connectivity index (χ0v) is 12.2. The fourth-order valence-electron chi connectivity index (χ4n) is 1.66. The van der Waals surface area contributed by atoms with Crippen LogP contribution in [-0.2, 0) is 18.3 Å². The highest BCUT2D eigenvalue weighted by Crippen LogP contribution is 2.26. The number of methoxy groups -OCH3 is 1. The van der Waals surface area contributed by atoms with Crippen molar-refractivity contribution in [1.82, 2.24) is 14.5 Å². The second-order valence-corrected chi connectivity index (χ2v) is 5.38. The molecule has 0 saturated carbocycles. The first-order chi connectivity index (χ1) is 9.02. The number of carbonyl (C=O) groups excluding carboxylic acids is 1. The van der Waals surface area contributed by atoms with Gasteiger partial charge in [-0.25, -0.2) is 14.8 Å². The molecule has 19 heavy (non-hydrogen) atoms. The number of carbonyl (C=O) groups is 1. The molecule has 0 aliphatic rings. The molecule has 2 aromatic heterocycles. The van der Waals surface area contributed by atoms with E-state index in [1.807, 2.05) is 36.7 Å². The van der Waals surface area contributed by atoms with Gasteiger partial charge in [-0.05, 0) is 6.92 Å². The Bertz CT molecular complexity index is 590. The van der Waals surface area contributed by atoms with Crippen LogP contribution in [0.2, 0.25) is 0 Å². The maximum Gasteiger partial charge on any atom is 0.357 e. The quantitative estimate of drug-likeness (QED) is 0.796. The second kappa shape index (κ2) is 5.40. The number of ether oxygens (including phenoxy) is 1. The van der Waals surface area contributed by atoms with Gasteiger partial charge in [0.15, 0.2) is 10.8 Å². The first kappa shape index (κ1) is 13.5. The van der Waals surface area contributed by atoms with Crippen molar-refractivity contribution in [2.24, 2.45) is 7.05 Å². The third-order valence-corrected chi connectivity index (χ3v) is 3.88. The van der Waals surface area contributed by atoms with Gasteiger partial charge in [0.05, 0.1) is 13.7 Å². The van der Waals surface area contributed by atoms with Gasteiger partial charge in [0, 0.05) is 31.4 Å². The van der Waals surface area contributed by atoms with Gasteiger partial charge < -0.3 is 14.2 Å². The second-order valence-electron chi connectivity index (χ2n) is 4.20. The highest BCUT2D eigenvalue weighted by molar-refractivity contribution is 7.15. The summed E-state index contributed by atoms with van der Waals surface area (Å²) < 4.78 is 6.66. The van der Waals surface area contributed by atoms with E-state index in [0.717, 1.165) is 15.8 Å². The van der Waals surface area contributed by atoms with Crippen LogP contribution in [-0.4, -0.2) is 34.7 Å². The molecule has 2 heterocycles. The molecule has 0 aromatic carbocycles. The Kier molecular flexibility index (Phi) is 3.84. The van der Waals surface area contributed by atoms with E-state index >= 15 is 0 Å². The van der Waals surface area contributed by atoms with E-state index in [1.54, 1.807) is 6.20 Å². The van der Waals surface area contributed by atoms with Crippen molar-refractivity contribution in [3.05, 3.63) is 28.8 Å². The van der Waals surface area contributed by atoms with Crippen LogP contribution in [0.25, 0.3) is 0 Å². The third-order valence-electron chi connectivity index (χ3n) is 2.79. The molecule has 0 N–H and O–H groups in total. The van der Waals surface area contributed by atoms with E-state index in [4.69, 9.17) is 4.74 Å². The van der Waals surface area contributed by atoms with Crippen LogP contribution in [0, 0.1) is 6.92 Å². The Labute approximate surface area is 115 Å². The molecule has 102 valence electrons. The van der Waals surface area contributed by atoms with Crippen molar-refractivity contribution in [3.63, 3.8) is 0 Å². The molecule has 2 aromatic rings. The molecular weight excluding hydrogens is 264 g/mol. The van der Waals surface area contributed by atoms with Crippen molar-refractivity contribution >= 4 is 22.4 Å². The first-order valence-electron chi connectivity index (χ1n) is 5.76. The van der Waals surface area contributed by atoms with Gasteiger partial charge in [0.2, 0.25) is 0 Å². The van der Waals surface area contributed by atoms with E-state index in [0.29, 0.717) is 12.2 Å².